The zero-order valence-corrected chi connectivity index (χ0v) is 11.2. The molecule has 0 spiro atoms. The predicted octanol–water partition coefficient (Wildman–Crippen LogP) is 2.90. The molecule has 2 rings (SSSR count). The SMILES string of the molecule is CCCOc1ncnc(Nc2cccc(C)c2)c1N. The molecule has 0 atom stereocenters. The number of hydrogen-bond acceptors (Lipinski definition) is 5. The second-order valence-electron chi connectivity index (χ2n) is 4.28. The minimum atomic E-state index is 0.423. The van der Waals surface area contributed by atoms with Crippen molar-refractivity contribution in [1.29, 1.82) is 0 Å². The van der Waals surface area contributed by atoms with Gasteiger partial charge in [-0.3, -0.25) is 0 Å². The molecule has 0 unspecified atom stereocenters. The largest absolute Gasteiger partial charge is 0.476 e. The van der Waals surface area contributed by atoms with Crippen LogP contribution in [0.5, 0.6) is 5.88 Å². The van der Waals surface area contributed by atoms with Crippen molar-refractivity contribution in [3.05, 3.63) is 36.2 Å². The lowest BCUT2D eigenvalue weighted by atomic mass is 10.2. The maximum atomic E-state index is 6.00. The number of aromatic nitrogens is 2. The van der Waals surface area contributed by atoms with Gasteiger partial charge in [0.15, 0.2) is 5.82 Å². The lowest BCUT2D eigenvalue weighted by Crippen LogP contribution is -2.05. The normalized spacial score (nSPS) is 10.2. The van der Waals surface area contributed by atoms with Crippen LogP contribution in [0.15, 0.2) is 30.6 Å². The van der Waals surface area contributed by atoms with Crippen LogP contribution in [0, 0.1) is 6.92 Å². The van der Waals surface area contributed by atoms with Crippen molar-refractivity contribution in [3.8, 4) is 5.88 Å². The smallest absolute Gasteiger partial charge is 0.242 e. The van der Waals surface area contributed by atoms with Crippen LogP contribution in [0.25, 0.3) is 0 Å². The van der Waals surface area contributed by atoms with Crippen LogP contribution in [-0.4, -0.2) is 16.6 Å². The first-order chi connectivity index (χ1) is 9.20. The molecule has 0 aliphatic rings. The summed E-state index contributed by atoms with van der Waals surface area (Å²) in [6.45, 7) is 4.65. The Hall–Kier alpha value is -2.30. The number of nitrogens with one attached hydrogen (secondary N) is 1. The second-order valence-corrected chi connectivity index (χ2v) is 4.28. The number of anilines is 3. The fourth-order valence-electron chi connectivity index (χ4n) is 1.65. The molecule has 0 fully saturated rings. The molecular weight excluding hydrogens is 240 g/mol. The average molecular weight is 258 g/mol. The molecule has 0 aliphatic carbocycles. The molecule has 3 N–H and O–H groups in total. The summed E-state index contributed by atoms with van der Waals surface area (Å²) in [6, 6.07) is 7.99. The molecular formula is C14H18N4O. The van der Waals surface area contributed by atoms with Gasteiger partial charge in [0.25, 0.3) is 0 Å². The average Bonchev–Trinajstić information content (AvgIpc) is 2.40. The predicted molar refractivity (Wildman–Crippen MR) is 76.7 cm³/mol. The Morgan fingerprint density at radius 3 is 2.89 bits per heavy atom. The fraction of sp³-hybridized carbons (Fsp3) is 0.286. The molecule has 1 aromatic heterocycles. The van der Waals surface area contributed by atoms with Gasteiger partial charge in [0.05, 0.1) is 6.61 Å². The summed E-state index contributed by atoms with van der Waals surface area (Å²) < 4.78 is 5.47. The van der Waals surface area contributed by atoms with Gasteiger partial charge in [-0.1, -0.05) is 19.1 Å². The van der Waals surface area contributed by atoms with Gasteiger partial charge < -0.3 is 15.8 Å². The van der Waals surface area contributed by atoms with Gasteiger partial charge in [0.2, 0.25) is 5.88 Å². The van der Waals surface area contributed by atoms with Crippen LogP contribution in [-0.2, 0) is 0 Å². The third-order valence-electron chi connectivity index (χ3n) is 2.57. The standard InChI is InChI=1S/C14H18N4O/c1-3-7-19-14-12(15)13(16-9-17-14)18-11-6-4-5-10(2)8-11/h4-6,8-9H,3,7,15H2,1-2H3,(H,16,17,18). The Kier molecular flexibility index (Phi) is 4.18. The van der Waals surface area contributed by atoms with Crippen molar-refractivity contribution < 1.29 is 4.74 Å². The topological polar surface area (TPSA) is 73.1 Å². The Morgan fingerprint density at radius 2 is 2.16 bits per heavy atom. The number of ether oxygens (including phenoxy) is 1. The molecule has 19 heavy (non-hydrogen) atoms. The molecule has 0 radical (unpaired) electrons. The van der Waals surface area contributed by atoms with Crippen LogP contribution in [0.3, 0.4) is 0 Å². The third kappa shape index (κ3) is 3.34. The Bertz CT molecular complexity index is 557. The number of nitrogen functional groups attached to an aromatic ring is 1. The van der Waals surface area contributed by atoms with E-state index >= 15 is 0 Å². The molecule has 1 heterocycles. The van der Waals surface area contributed by atoms with Crippen molar-refractivity contribution in [1.82, 2.24) is 9.97 Å². The maximum absolute atomic E-state index is 6.00. The van der Waals surface area contributed by atoms with Crippen molar-refractivity contribution in [2.75, 3.05) is 17.7 Å². The summed E-state index contributed by atoms with van der Waals surface area (Å²) in [5, 5.41) is 3.17. The van der Waals surface area contributed by atoms with Gasteiger partial charge in [-0.15, -0.1) is 0 Å². The summed E-state index contributed by atoms with van der Waals surface area (Å²) in [5.74, 6) is 0.985. The van der Waals surface area contributed by atoms with E-state index in [1.54, 1.807) is 0 Å². The first-order valence-electron chi connectivity index (χ1n) is 6.27. The Balaban J connectivity index is 2.20. The quantitative estimate of drug-likeness (QED) is 0.862. The van der Waals surface area contributed by atoms with E-state index in [-0.39, 0.29) is 0 Å². The monoisotopic (exact) mass is 258 g/mol. The van der Waals surface area contributed by atoms with E-state index in [2.05, 4.69) is 15.3 Å². The summed E-state index contributed by atoms with van der Waals surface area (Å²) >= 11 is 0. The summed E-state index contributed by atoms with van der Waals surface area (Å²) in [6.07, 6.45) is 2.35. The molecule has 0 saturated heterocycles. The zero-order valence-electron chi connectivity index (χ0n) is 11.2. The van der Waals surface area contributed by atoms with Crippen LogP contribution in [0.1, 0.15) is 18.9 Å². The number of rotatable bonds is 5. The molecule has 1 aromatic carbocycles. The Labute approximate surface area is 112 Å². The minimum Gasteiger partial charge on any atom is -0.476 e. The fourth-order valence-corrected chi connectivity index (χ4v) is 1.65. The molecule has 0 aliphatic heterocycles. The molecule has 5 heteroatoms. The maximum Gasteiger partial charge on any atom is 0.242 e. The molecule has 5 nitrogen and oxygen atoms in total. The number of nitrogens with zero attached hydrogens (tertiary/aromatic N) is 2. The number of nitrogens with two attached hydrogens (primary N) is 1. The summed E-state index contributed by atoms with van der Waals surface area (Å²) in [5.41, 5.74) is 8.53. The first-order valence-corrected chi connectivity index (χ1v) is 6.27. The van der Waals surface area contributed by atoms with Gasteiger partial charge in [-0.2, -0.15) is 4.98 Å². The highest BCUT2D eigenvalue weighted by Gasteiger charge is 2.09. The third-order valence-corrected chi connectivity index (χ3v) is 2.57. The van der Waals surface area contributed by atoms with Gasteiger partial charge in [0, 0.05) is 5.69 Å². The van der Waals surface area contributed by atoms with E-state index in [1.165, 1.54) is 11.9 Å². The van der Waals surface area contributed by atoms with Gasteiger partial charge in [-0.25, -0.2) is 4.98 Å². The highest BCUT2D eigenvalue weighted by atomic mass is 16.5. The summed E-state index contributed by atoms with van der Waals surface area (Å²) in [4.78, 5) is 8.18. The van der Waals surface area contributed by atoms with Crippen LogP contribution >= 0.6 is 0 Å². The molecule has 100 valence electrons. The van der Waals surface area contributed by atoms with Crippen LogP contribution in [0.2, 0.25) is 0 Å². The van der Waals surface area contributed by atoms with E-state index in [4.69, 9.17) is 10.5 Å². The van der Waals surface area contributed by atoms with E-state index in [0.29, 0.717) is 24.0 Å². The van der Waals surface area contributed by atoms with Gasteiger partial charge >= 0.3 is 0 Å². The Morgan fingerprint density at radius 1 is 1.32 bits per heavy atom. The van der Waals surface area contributed by atoms with E-state index in [9.17, 15) is 0 Å². The minimum absolute atomic E-state index is 0.423. The lowest BCUT2D eigenvalue weighted by Gasteiger charge is -2.11. The summed E-state index contributed by atoms with van der Waals surface area (Å²) in [7, 11) is 0. The van der Waals surface area contributed by atoms with Crippen LogP contribution in [0.4, 0.5) is 17.2 Å². The van der Waals surface area contributed by atoms with E-state index in [1.807, 2.05) is 38.1 Å². The first kappa shape index (κ1) is 13.1. The second kappa shape index (κ2) is 6.04. The number of benzene rings is 1. The molecule has 0 saturated carbocycles. The zero-order chi connectivity index (χ0) is 13.7. The molecule has 0 amide bonds. The van der Waals surface area contributed by atoms with E-state index < -0.39 is 0 Å². The van der Waals surface area contributed by atoms with Crippen molar-refractivity contribution in [3.63, 3.8) is 0 Å². The lowest BCUT2D eigenvalue weighted by molar-refractivity contribution is 0.307. The molecule has 2 aromatic rings. The highest BCUT2D eigenvalue weighted by Crippen LogP contribution is 2.27. The van der Waals surface area contributed by atoms with Gasteiger partial charge in [-0.05, 0) is 31.0 Å². The van der Waals surface area contributed by atoms with E-state index in [0.717, 1.165) is 12.1 Å². The molecule has 0 bridgehead atoms. The van der Waals surface area contributed by atoms with Gasteiger partial charge in [0.1, 0.15) is 12.0 Å². The van der Waals surface area contributed by atoms with Crippen molar-refractivity contribution >= 4 is 17.2 Å². The number of aryl methyl sites for hydroxylation is 1. The number of hydrogen-bond donors (Lipinski definition) is 2. The van der Waals surface area contributed by atoms with Crippen molar-refractivity contribution in [2.45, 2.75) is 20.3 Å². The van der Waals surface area contributed by atoms with Crippen LogP contribution < -0.4 is 15.8 Å². The van der Waals surface area contributed by atoms with Crippen molar-refractivity contribution in [2.24, 2.45) is 0 Å². The highest BCUT2D eigenvalue weighted by molar-refractivity contribution is 5.72.